The molecular formula is C9H15N2OS. The summed E-state index contributed by atoms with van der Waals surface area (Å²) in [7, 11) is 0. The summed E-state index contributed by atoms with van der Waals surface area (Å²) in [5.74, 6) is 1.26. The summed E-state index contributed by atoms with van der Waals surface area (Å²) in [4.78, 5) is 15.8. The Hall–Kier alpha value is -0.350. The van der Waals surface area contributed by atoms with Gasteiger partial charge in [-0.1, -0.05) is 0 Å². The zero-order chi connectivity index (χ0) is 9.26. The van der Waals surface area contributed by atoms with Crippen LogP contribution in [0.1, 0.15) is 12.8 Å². The van der Waals surface area contributed by atoms with Crippen LogP contribution in [-0.2, 0) is 4.79 Å². The van der Waals surface area contributed by atoms with Gasteiger partial charge in [0.05, 0.1) is 0 Å². The molecule has 3 nitrogen and oxygen atoms in total. The molecule has 1 atom stereocenters. The SMILES string of the molecule is [CH2]CC(=O)C1=NCC[SH]1N1CCC1. The topological polar surface area (TPSA) is 32.7 Å². The first-order valence-electron chi connectivity index (χ1n) is 4.72. The molecule has 0 aromatic rings. The fourth-order valence-corrected chi connectivity index (χ4v) is 4.08. The Bertz CT molecular complexity index is 248. The summed E-state index contributed by atoms with van der Waals surface area (Å²) < 4.78 is 2.41. The Balaban J connectivity index is 2.03. The molecule has 0 spiro atoms. The number of Topliss-reactive ketones (excluding diaryl/α,β-unsaturated/α-hetero) is 1. The van der Waals surface area contributed by atoms with Crippen LogP contribution in [0, 0.1) is 6.92 Å². The molecule has 4 heteroatoms. The van der Waals surface area contributed by atoms with Crippen molar-refractivity contribution in [1.82, 2.24) is 4.31 Å². The zero-order valence-corrected chi connectivity index (χ0v) is 8.59. The van der Waals surface area contributed by atoms with E-state index in [1.807, 2.05) is 0 Å². The molecule has 0 bridgehead atoms. The fourth-order valence-electron chi connectivity index (χ4n) is 1.60. The maximum Gasteiger partial charge on any atom is 0.186 e. The van der Waals surface area contributed by atoms with Gasteiger partial charge in [-0.25, -0.2) is 0 Å². The number of ketones is 1. The lowest BCUT2D eigenvalue weighted by molar-refractivity contribution is -0.112. The molecule has 1 radical (unpaired) electrons. The molecule has 1 unspecified atom stereocenters. The zero-order valence-electron chi connectivity index (χ0n) is 7.70. The van der Waals surface area contributed by atoms with Crippen LogP contribution in [0.25, 0.3) is 0 Å². The summed E-state index contributed by atoms with van der Waals surface area (Å²) in [6.07, 6.45) is 1.65. The van der Waals surface area contributed by atoms with Crippen LogP contribution in [0.15, 0.2) is 4.99 Å². The molecule has 0 aromatic heterocycles. The third-order valence-corrected chi connectivity index (χ3v) is 5.05. The van der Waals surface area contributed by atoms with E-state index in [4.69, 9.17) is 0 Å². The quantitative estimate of drug-likeness (QED) is 0.682. The van der Waals surface area contributed by atoms with E-state index in [0.29, 0.717) is 6.42 Å². The second-order valence-corrected chi connectivity index (χ2v) is 5.54. The average Bonchev–Trinajstić information content (AvgIpc) is 2.49. The van der Waals surface area contributed by atoms with E-state index in [-0.39, 0.29) is 16.9 Å². The third-order valence-electron chi connectivity index (χ3n) is 2.47. The lowest BCUT2D eigenvalue weighted by Crippen LogP contribution is -2.37. The summed E-state index contributed by atoms with van der Waals surface area (Å²) in [6.45, 7) is 6.80. The lowest BCUT2D eigenvalue weighted by Gasteiger charge is -2.38. The highest BCUT2D eigenvalue weighted by molar-refractivity contribution is 8.29. The molecule has 0 aromatic carbocycles. The van der Waals surface area contributed by atoms with Gasteiger partial charge >= 0.3 is 0 Å². The lowest BCUT2D eigenvalue weighted by atomic mass is 10.3. The molecule has 2 heterocycles. The van der Waals surface area contributed by atoms with E-state index in [1.165, 1.54) is 6.42 Å². The summed E-state index contributed by atoms with van der Waals surface area (Å²) in [5.41, 5.74) is 0. The summed E-state index contributed by atoms with van der Waals surface area (Å²) in [6, 6.07) is 0. The van der Waals surface area contributed by atoms with E-state index < -0.39 is 0 Å². The number of aliphatic imine (C=N–C) groups is 1. The van der Waals surface area contributed by atoms with Crippen molar-refractivity contribution in [3.8, 4) is 0 Å². The van der Waals surface area contributed by atoms with E-state index in [0.717, 1.165) is 30.4 Å². The van der Waals surface area contributed by atoms with Gasteiger partial charge in [-0.05, 0) is 13.3 Å². The smallest absolute Gasteiger partial charge is 0.186 e. The maximum atomic E-state index is 11.5. The minimum Gasteiger partial charge on any atom is -0.292 e. The first-order chi connectivity index (χ1) is 6.33. The molecule has 2 aliphatic rings. The minimum absolute atomic E-state index is 0.163. The van der Waals surface area contributed by atoms with Gasteiger partial charge in [0.1, 0.15) is 5.04 Å². The molecule has 1 fully saturated rings. The van der Waals surface area contributed by atoms with Gasteiger partial charge < -0.3 is 0 Å². The predicted molar refractivity (Wildman–Crippen MR) is 57.3 cm³/mol. The number of carbonyl (C=O) groups excluding carboxylic acids is 1. The maximum absolute atomic E-state index is 11.5. The third kappa shape index (κ3) is 1.65. The van der Waals surface area contributed by atoms with E-state index in [1.54, 1.807) is 0 Å². The second kappa shape index (κ2) is 3.80. The van der Waals surface area contributed by atoms with Crippen LogP contribution in [0.4, 0.5) is 0 Å². The Morgan fingerprint density at radius 1 is 1.62 bits per heavy atom. The van der Waals surface area contributed by atoms with Crippen LogP contribution >= 0.6 is 11.1 Å². The molecule has 0 N–H and O–H groups in total. The number of hydrogen-bond acceptors (Lipinski definition) is 3. The molecule has 1 saturated heterocycles. The standard InChI is InChI=1S/C9H15N2OS/c1-2-8(12)9-10-4-7-13(9)11-5-3-6-11/h13H,1-7H2. The van der Waals surface area contributed by atoms with Gasteiger partial charge in [-0.15, -0.1) is 0 Å². The number of thiol groups is 1. The molecular weight excluding hydrogens is 184 g/mol. The van der Waals surface area contributed by atoms with Crippen LogP contribution in [0.3, 0.4) is 0 Å². The largest absolute Gasteiger partial charge is 0.292 e. The summed E-state index contributed by atoms with van der Waals surface area (Å²) >= 11 is -0.334. The fraction of sp³-hybridized carbons (Fsp3) is 0.667. The number of rotatable bonds is 3. The van der Waals surface area contributed by atoms with E-state index in [9.17, 15) is 4.79 Å². The molecule has 2 rings (SSSR count). The van der Waals surface area contributed by atoms with Crippen molar-refractivity contribution in [2.45, 2.75) is 12.8 Å². The molecule has 0 aliphatic carbocycles. The van der Waals surface area contributed by atoms with Crippen LogP contribution in [0.2, 0.25) is 0 Å². The predicted octanol–water partition coefficient (Wildman–Crippen LogP) is 0.814. The van der Waals surface area contributed by atoms with Crippen LogP contribution in [-0.4, -0.2) is 40.5 Å². The van der Waals surface area contributed by atoms with Gasteiger partial charge in [0.2, 0.25) is 0 Å². The summed E-state index contributed by atoms with van der Waals surface area (Å²) in [5, 5.41) is 0.852. The average molecular weight is 199 g/mol. The van der Waals surface area contributed by atoms with Gasteiger partial charge in [0.15, 0.2) is 5.78 Å². The minimum atomic E-state index is -0.334. The number of nitrogens with zero attached hydrogens (tertiary/aromatic N) is 2. The van der Waals surface area contributed by atoms with Crippen molar-refractivity contribution in [3.63, 3.8) is 0 Å². The highest BCUT2D eigenvalue weighted by atomic mass is 32.2. The molecule has 2 aliphatic heterocycles. The van der Waals surface area contributed by atoms with Gasteiger partial charge in [-0.3, -0.25) is 14.1 Å². The van der Waals surface area contributed by atoms with Gasteiger partial charge in [0, 0.05) is 31.8 Å². The Morgan fingerprint density at radius 3 is 2.92 bits per heavy atom. The monoisotopic (exact) mass is 199 g/mol. The molecule has 0 amide bonds. The van der Waals surface area contributed by atoms with Crippen molar-refractivity contribution in [2.75, 3.05) is 25.4 Å². The van der Waals surface area contributed by atoms with E-state index in [2.05, 4.69) is 16.2 Å². The Morgan fingerprint density at radius 2 is 2.38 bits per heavy atom. The highest BCUT2D eigenvalue weighted by Gasteiger charge is 2.30. The molecule has 0 saturated carbocycles. The second-order valence-electron chi connectivity index (χ2n) is 3.31. The van der Waals surface area contributed by atoms with Gasteiger partial charge in [0.25, 0.3) is 0 Å². The van der Waals surface area contributed by atoms with Gasteiger partial charge in [-0.2, -0.15) is 11.1 Å². The first kappa shape index (κ1) is 9.21. The normalized spacial score (nSPS) is 31.2. The van der Waals surface area contributed by atoms with Crippen LogP contribution < -0.4 is 0 Å². The van der Waals surface area contributed by atoms with E-state index >= 15 is 0 Å². The van der Waals surface area contributed by atoms with Crippen molar-refractivity contribution in [2.24, 2.45) is 4.99 Å². The van der Waals surface area contributed by atoms with Crippen molar-refractivity contribution in [1.29, 1.82) is 0 Å². The number of carbonyl (C=O) groups is 1. The highest BCUT2D eigenvalue weighted by Crippen LogP contribution is 2.39. The molecule has 73 valence electrons. The van der Waals surface area contributed by atoms with Crippen molar-refractivity contribution >= 4 is 21.9 Å². The first-order valence-corrected chi connectivity index (χ1v) is 6.20. The Kier molecular flexibility index (Phi) is 2.69. The Labute approximate surface area is 81.7 Å². The number of hydrogen-bond donors (Lipinski definition) is 1. The van der Waals surface area contributed by atoms with Crippen LogP contribution in [0.5, 0.6) is 0 Å². The van der Waals surface area contributed by atoms with Crippen molar-refractivity contribution < 1.29 is 4.79 Å². The van der Waals surface area contributed by atoms with Crippen molar-refractivity contribution in [3.05, 3.63) is 6.92 Å². The molecule has 13 heavy (non-hydrogen) atoms.